The van der Waals surface area contributed by atoms with Crippen LogP contribution in [0.2, 0.25) is 0 Å². The molecule has 0 spiro atoms. The zero-order valence-electron chi connectivity index (χ0n) is 14.8. The third-order valence-electron chi connectivity index (χ3n) is 4.23. The van der Waals surface area contributed by atoms with Crippen LogP contribution in [0.3, 0.4) is 0 Å². The van der Waals surface area contributed by atoms with Gasteiger partial charge in [-0.1, -0.05) is 46.0 Å². The zero-order valence-corrected chi connectivity index (χ0v) is 14.8. The van der Waals surface area contributed by atoms with Gasteiger partial charge in [-0.15, -0.1) is 0 Å². The number of nitrogens with one attached hydrogen (secondary N) is 3. The monoisotopic (exact) mass is 341 g/mol. The molecule has 1 heterocycles. The van der Waals surface area contributed by atoms with E-state index in [9.17, 15) is 19.5 Å². The van der Waals surface area contributed by atoms with Gasteiger partial charge in [0.1, 0.15) is 0 Å². The van der Waals surface area contributed by atoms with Crippen LogP contribution < -0.4 is 16.0 Å². The lowest BCUT2D eigenvalue weighted by Crippen LogP contribution is -2.64. The van der Waals surface area contributed by atoms with Crippen LogP contribution in [0.5, 0.6) is 0 Å². The molecule has 0 radical (unpaired) electrons. The van der Waals surface area contributed by atoms with E-state index >= 15 is 0 Å². The summed E-state index contributed by atoms with van der Waals surface area (Å²) >= 11 is 0. The molecule has 1 fully saturated rings. The summed E-state index contributed by atoms with van der Waals surface area (Å²) in [4.78, 5) is 35.8. The summed E-state index contributed by atoms with van der Waals surface area (Å²) in [7, 11) is 0. The molecule has 7 nitrogen and oxygen atoms in total. The van der Waals surface area contributed by atoms with Crippen LogP contribution in [0.15, 0.2) is 0 Å². The van der Waals surface area contributed by atoms with Crippen molar-refractivity contribution in [3.63, 3.8) is 0 Å². The molecule has 0 aromatic rings. The first-order valence-electron chi connectivity index (χ1n) is 9.05. The Morgan fingerprint density at radius 2 is 1.83 bits per heavy atom. The van der Waals surface area contributed by atoms with Gasteiger partial charge in [-0.05, 0) is 12.8 Å². The summed E-state index contributed by atoms with van der Waals surface area (Å²) < 4.78 is 0. The highest BCUT2D eigenvalue weighted by Gasteiger charge is 2.51. The minimum absolute atomic E-state index is 0.0979. The predicted molar refractivity (Wildman–Crippen MR) is 90.9 cm³/mol. The maximum atomic E-state index is 12.2. The van der Waals surface area contributed by atoms with E-state index in [0.29, 0.717) is 13.0 Å². The van der Waals surface area contributed by atoms with Crippen LogP contribution in [-0.4, -0.2) is 41.1 Å². The topological polar surface area (TPSA) is 108 Å². The van der Waals surface area contributed by atoms with Crippen molar-refractivity contribution in [1.29, 1.82) is 0 Å². The van der Waals surface area contributed by atoms with Gasteiger partial charge in [0.25, 0.3) is 5.91 Å². The van der Waals surface area contributed by atoms with Gasteiger partial charge in [0.15, 0.2) is 0 Å². The van der Waals surface area contributed by atoms with Crippen LogP contribution in [0.25, 0.3) is 0 Å². The molecule has 3 amide bonds. The third kappa shape index (κ3) is 6.11. The quantitative estimate of drug-likeness (QED) is 0.420. The molecule has 4 N–H and O–H groups in total. The summed E-state index contributed by atoms with van der Waals surface area (Å²) in [6, 6.07) is -0.935. The minimum Gasteiger partial charge on any atom is -0.362 e. The average Bonchev–Trinajstić information content (AvgIpc) is 2.82. The molecule has 0 aliphatic carbocycles. The highest BCUT2D eigenvalue weighted by Crippen LogP contribution is 2.19. The Hall–Kier alpha value is -1.63. The van der Waals surface area contributed by atoms with Gasteiger partial charge in [0, 0.05) is 13.0 Å². The third-order valence-corrected chi connectivity index (χ3v) is 4.23. The fourth-order valence-corrected chi connectivity index (χ4v) is 2.72. The molecule has 24 heavy (non-hydrogen) atoms. The zero-order chi connectivity index (χ0) is 18.0. The van der Waals surface area contributed by atoms with Crippen LogP contribution in [0.4, 0.5) is 0 Å². The van der Waals surface area contributed by atoms with Gasteiger partial charge in [-0.2, -0.15) is 0 Å². The molecule has 0 aromatic carbocycles. The first-order valence-corrected chi connectivity index (χ1v) is 9.05. The van der Waals surface area contributed by atoms with Crippen LogP contribution in [-0.2, 0) is 14.4 Å². The van der Waals surface area contributed by atoms with Crippen LogP contribution in [0.1, 0.15) is 71.6 Å². The maximum Gasteiger partial charge on any atom is 0.275 e. The number of carbonyl (C=O) groups excluding carboxylic acids is 3. The molecular weight excluding hydrogens is 310 g/mol. The van der Waals surface area contributed by atoms with Crippen molar-refractivity contribution in [1.82, 2.24) is 16.0 Å². The molecule has 2 atom stereocenters. The van der Waals surface area contributed by atoms with Gasteiger partial charge in [0.05, 0.1) is 12.5 Å². The van der Waals surface area contributed by atoms with Gasteiger partial charge in [-0.3, -0.25) is 14.4 Å². The van der Waals surface area contributed by atoms with E-state index in [0.717, 1.165) is 44.9 Å². The lowest BCUT2D eigenvalue weighted by Gasteiger charge is -2.28. The molecule has 0 saturated carbocycles. The SMILES string of the molecule is CCCCCCCC(=O)N[C@@H]1CC(=O)NC1(O)C(=O)NCCCC. The normalized spacial score (nSPS) is 23.0. The summed E-state index contributed by atoms with van der Waals surface area (Å²) in [5.41, 5.74) is -2.07. The Bertz CT molecular complexity index is 442. The predicted octanol–water partition coefficient (Wildman–Crippen LogP) is 0.957. The van der Waals surface area contributed by atoms with E-state index < -0.39 is 23.6 Å². The number of rotatable bonds is 11. The molecule has 0 bridgehead atoms. The summed E-state index contributed by atoms with van der Waals surface area (Å²) in [6.07, 6.45) is 7.06. The number of aliphatic hydroxyl groups is 1. The van der Waals surface area contributed by atoms with Gasteiger partial charge < -0.3 is 21.1 Å². The number of hydrogen-bond acceptors (Lipinski definition) is 4. The first kappa shape index (κ1) is 20.4. The smallest absolute Gasteiger partial charge is 0.275 e. The molecule has 1 rings (SSSR count). The average molecular weight is 341 g/mol. The van der Waals surface area contributed by atoms with Crippen molar-refractivity contribution in [2.75, 3.05) is 6.54 Å². The Morgan fingerprint density at radius 1 is 1.17 bits per heavy atom. The van der Waals surface area contributed by atoms with E-state index in [1.807, 2.05) is 6.92 Å². The molecule has 1 unspecified atom stereocenters. The van der Waals surface area contributed by atoms with Crippen molar-refractivity contribution in [3.8, 4) is 0 Å². The largest absolute Gasteiger partial charge is 0.362 e. The summed E-state index contributed by atoms with van der Waals surface area (Å²) in [5.74, 6) is -1.36. The molecular formula is C17H31N3O4. The van der Waals surface area contributed by atoms with Crippen molar-refractivity contribution in [2.45, 2.75) is 83.4 Å². The van der Waals surface area contributed by atoms with Crippen LogP contribution >= 0.6 is 0 Å². The minimum atomic E-state index is -2.07. The second-order valence-electron chi connectivity index (χ2n) is 6.41. The van der Waals surface area contributed by atoms with E-state index in [1.165, 1.54) is 0 Å². The fraction of sp³-hybridized carbons (Fsp3) is 0.824. The molecule has 1 aliphatic heterocycles. The molecule has 7 heteroatoms. The standard InChI is InChI=1S/C17H31N3O4/c1-3-5-7-8-9-10-14(21)19-13-12-15(22)20-17(13,24)16(23)18-11-6-4-2/h13,24H,3-12H2,1-2H3,(H,18,23)(H,19,21)(H,20,22)/t13-,17?/m1/s1. The van der Waals surface area contributed by atoms with Crippen molar-refractivity contribution >= 4 is 17.7 Å². The summed E-state index contributed by atoms with van der Waals surface area (Å²) in [6.45, 7) is 4.54. The highest BCUT2D eigenvalue weighted by atomic mass is 16.3. The van der Waals surface area contributed by atoms with E-state index in [4.69, 9.17) is 0 Å². The van der Waals surface area contributed by atoms with Crippen molar-refractivity contribution in [3.05, 3.63) is 0 Å². The molecule has 1 saturated heterocycles. The van der Waals surface area contributed by atoms with E-state index in [1.54, 1.807) is 0 Å². The van der Waals surface area contributed by atoms with Crippen molar-refractivity contribution in [2.24, 2.45) is 0 Å². The lowest BCUT2D eigenvalue weighted by atomic mass is 10.0. The Kier molecular flexibility index (Phi) is 8.74. The number of unbranched alkanes of at least 4 members (excludes halogenated alkanes) is 5. The first-order chi connectivity index (χ1) is 11.4. The van der Waals surface area contributed by atoms with Crippen LogP contribution in [0, 0.1) is 0 Å². The molecule has 138 valence electrons. The second-order valence-corrected chi connectivity index (χ2v) is 6.41. The lowest BCUT2D eigenvalue weighted by molar-refractivity contribution is -0.147. The number of hydrogen-bond donors (Lipinski definition) is 4. The van der Waals surface area contributed by atoms with Gasteiger partial charge >= 0.3 is 0 Å². The van der Waals surface area contributed by atoms with Gasteiger partial charge in [0.2, 0.25) is 17.5 Å². The van der Waals surface area contributed by atoms with Crippen molar-refractivity contribution < 1.29 is 19.5 Å². The Labute approximate surface area is 144 Å². The maximum absolute atomic E-state index is 12.2. The Balaban J connectivity index is 2.49. The second kappa shape index (κ2) is 10.3. The number of carbonyl (C=O) groups is 3. The van der Waals surface area contributed by atoms with Gasteiger partial charge in [-0.25, -0.2) is 0 Å². The fourth-order valence-electron chi connectivity index (χ4n) is 2.72. The van der Waals surface area contributed by atoms with E-state index in [2.05, 4.69) is 22.9 Å². The number of amides is 3. The Morgan fingerprint density at radius 3 is 2.50 bits per heavy atom. The molecule has 0 aromatic heterocycles. The highest BCUT2D eigenvalue weighted by molar-refractivity contribution is 5.95. The van der Waals surface area contributed by atoms with E-state index in [-0.39, 0.29) is 12.3 Å². The summed E-state index contributed by atoms with van der Waals surface area (Å²) in [5, 5.41) is 18.0. The molecule has 1 aliphatic rings.